The molecule has 0 radical (unpaired) electrons. The molecule has 1 aliphatic carbocycles. The number of nitrogens with zero attached hydrogens (tertiary/aromatic N) is 1. The van der Waals surface area contributed by atoms with Gasteiger partial charge in [-0.1, -0.05) is 6.42 Å². The Morgan fingerprint density at radius 2 is 2.39 bits per heavy atom. The molecule has 18 heavy (non-hydrogen) atoms. The van der Waals surface area contributed by atoms with Crippen molar-refractivity contribution in [3.8, 4) is 5.88 Å². The Balaban J connectivity index is 1.98. The SMILES string of the molecule is COc1ccc(C(=O)NC2CCCC2CO)cn1. The number of aliphatic hydroxyl groups excluding tert-OH is 1. The third kappa shape index (κ3) is 2.79. The van der Waals surface area contributed by atoms with E-state index < -0.39 is 0 Å². The maximum Gasteiger partial charge on any atom is 0.253 e. The first-order valence-electron chi connectivity index (χ1n) is 6.16. The highest BCUT2D eigenvalue weighted by molar-refractivity contribution is 5.94. The maximum absolute atomic E-state index is 12.0. The van der Waals surface area contributed by atoms with Gasteiger partial charge in [-0.15, -0.1) is 0 Å². The third-order valence-electron chi connectivity index (χ3n) is 3.42. The highest BCUT2D eigenvalue weighted by atomic mass is 16.5. The quantitative estimate of drug-likeness (QED) is 0.835. The number of aliphatic hydroxyl groups is 1. The molecule has 2 N–H and O–H groups in total. The molecule has 5 nitrogen and oxygen atoms in total. The van der Waals surface area contributed by atoms with Crippen molar-refractivity contribution in [3.05, 3.63) is 23.9 Å². The lowest BCUT2D eigenvalue weighted by atomic mass is 10.0. The first-order valence-corrected chi connectivity index (χ1v) is 6.16. The number of methoxy groups -OCH3 is 1. The zero-order valence-electron chi connectivity index (χ0n) is 10.4. The number of hydrogen-bond acceptors (Lipinski definition) is 4. The van der Waals surface area contributed by atoms with Gasteiger partial charge >= 0.3 is 0 Å². The Hall–Kier alpha value is -1.62. The van der Waals surface area contributed by atoms with Crippen LogP contribution in [0.1, 0.15) is 29.6 Å². The fourth-order valence-electron chi connectivity index (χ4n) is 2.33. The van der Waals surface area contributed by atoms with Crippen molar-refractivity contribution >= 4 is 5.91 Å². The van der Waals surface area contributed by atoms with E-state index >= 15 is 0 Å². The molecule has 1 aromatic rings. The summed E-state index contributed by atoms with van der Waals surface area (Å²) in [6, 6.07) is 3.42. The number of carbonyl (C=O) groups excluding carboxylic acids is 1. The highest BCUT2D eigenvalue weighted by Gasteiger charge is 2.28. The van der Waals surface area contributed by atoms with Gasteiger partial charge in [0, 0.05) is 30.8 Å². The highest BCUT2D eigenvalue weighted by Crippen LogP contribution is 2.25. The van der Waals surface area contributed by atoms with Crippen LogP contribution in [0.4, 0.5) is 0 Å². The second-order valence-corrected chi connectivity index (χ2v) is 4.54. The Morgan fingerprint density at radius 3 is 3.00 bits per heavy atom. The second kappa shape index (κ2) is 5.82. The number of amides is 1. The summed E-state index contributed by atoms with van der Waals surface area (Å²) in [4.78, 5) is 16.0. The minimum absolute atomic E-state index is 0.0737. The van der Waals surface area contributed by atoms with Gasteiger partial charge in [0.25, 0.3) is 5.91 Å². The molecule has 1 fully saturated rings. The number of rotatable bonds is 4. The summed E-state index contributed by atoms with van der Waals surface area (Å²) in [5.74, 6) is 0.524. The summed E-state index contributed by atoms with van der Waals surface area (Å²) >= 11 is 0. The van der Waals surface area contributed by atoms with Gasteiger partial charge in [0.05, 0.1) is 12.7 Å². The van der Waals surface area contributed by atoms with Gasteiger partial charge in [-0.05, 0) is 18.9 Å². The summed E-state index contributed by atoms with van der Waals surface area (Å²) in [6.45, 7) is 0.131. The normalized spacial score (nSPS) is 22.8. The van der Waals surface area contributed by atoms with Crippen molar-refractivity contribution < 1.29 is 14.6 Å². The van der Waals surface area contributed by atoms with E-state index in [0.717, 1.165) is 19.3 Å². The molecule has 1 amide bonds. The van der Waals surface area contributed by atoms with E-state index in [9.17, 15) is 9.90 Å². The lowest BCUT2D eigenvalue weighted by Gasteiger charge is -2.18. The van der Waals surface area contributed by atoms with E-state index in [0.29, 0.717) is 11.4 Å². The van der Waals surface area contributed by atoms with Crippen LogP contribution in [0.3, 0.4) is 0 Å². The van der Waals surface area contributed by atoms with Crippen LogP contribution >= 0.6 is 0 Å². The minimum Gasteiger partial charge on any atom is -0.481 e. The Kier molecular flexibility index (Phi) is 4.15. The zero-order valence-corrected chi connectivity index (χ0v) is 10.4. The average molecular weight is 250 g/mol. The van der Waals surface area contributed by atoms with Crippen molar-refractivity contribution in [2.45, 2.75) is 25.3 Å². The van der Waals surface area contributed by atoms with E-state index in [1.54, 1.807) is 12.1 Å². The van der Waals surface area contributed by atoms with Crippen molar-refractivity contribution in [3.63, 3.8) is 0 Å². The van der Waals surface area contributed by atoms with Crippen LogP contribution in [0.5, 0.6) is 5.88 Å². The smallest absolute Gasteiger partial charge is 0.253 e. The number of aromatic nitrogens is 1. The summed E-state index contributed by atoms with van der Waals surface area (Å²) in [6.07, 6.45) is 4.46. The van der Waals surface area contributed by atoms with Crippen LogP contribution in [-0.2, 0) is 0 Å². The van der Waals surface area contributed by atoms with Crippen LogP contribution in [0.25, 0.3) is 0 Å². The molecule has 1 aliphatic rings. The first kappa shape index (κ1) is 12.8. The molecule has 0 saturated heterocycles. The van der Waals surface area contributed by atoms with Crippen molar-refractivity contribution in [2.24, 2.45) is 5.92 Å². The lowest BCUT2D eigenvalue weighted by molar-refractivity contribution is 0.0915. The molecule has 1 heterocycles. The summed E-state index contributed by atoms with van der Waals surface area (Å²) in [5, 5.41) is 12.2. The van der Waals surface area contributed by atoms with Crippen LogP contribution < -0.4 is 10.1 Å². The monoisotopic (exact) mass is 250 g/mol. The molecular formula is C13H18N2O3. The molecule has 2 unspecified atom stereocenters. The summed E-state index contributed by atoms with van der Waals surface area (Å²) in [7, 11) is 1.53. The molecule has 1 saturated carbocycles. The molecule has 0 aromatic carbocycles. The fraction of sp³-hybridized carbons (Fsp3) is 0.538. The zero-order chi connectivity index (χ0) is 13.0. The lowest BCUT2D eigenvalue weighted by Crippen LogP contribution is -2.38. The van der Waals surface area contributed by atoms with Crippen LogP contribution in [0.2, 0.25) is 0 Å². The van der Waals surface area contributed by atoms with Gasteiger partial charge in [-0.25, -0.2) is 4.98 Å². The second-order valence-electron chi connectivity index (χ2n) is 4.54. The van der Waals surface area contributed by atoms with Gasteiger partial charge in [0.1, 0.15) is 0 Å². The van der Waals surface area contributed by atoms with Crippen molar-refractivity contribution in [1.29, 1.82) is 0 Å². The molecule has 0 aliphatic heterocycles. The Morgan fingerprint density at radius 1 is 1.56 bits per heavy atom. The minimum atomic E-state index is -0.143. The summed E-state index contributed by atoms with van der Waals surface area (Å²) < 4.78 is 4.94. The maximum atomic E-state index is 12.0. The van der Waals surface area contributed by atoms with E-state index in [1.807, 2.05) is 0 Å². The van der Waals surface area contributed by atoms with E-state index in [1.165, 1.54) is 13.3 Å². The van der Waals surface area contributed by atoms with Gasteiger partial charge in [-0.2, -0.15) is 0 Å². The van der Waals surface area contributed by atoms with Gasteiger partial charge < -0.3 is 15.2 Å². The largest absolute Gasteiger partial charge is 0.481 e. The molecule has 0 bridgehead atoms. The molecule has 2 rings (SSSR count). The number of carbonyl (C=O) groups is 1. The number of hydrogen-bond donors (Lipinski definition) is 2. The van der Waals surface area contributed by atoms with Gasteiger partial charge in [-0.3, -0.25) is 4.79 Å². The van der Waals surface area contributed by atoms with Crippen molar-refractivity contribution in [2.75, 3.05) is 13.7 Å². The standard InChI is InChI=1S/C13H18N2O3/c1-18-12-6-5-9(7-14-12)13(17)15-11-4-2-3-10(11)8-16/h5-7,10-11,16H,2-4,8H2,1H3,(H,15,17). The fourth-order valence-corrected chi connectivity index (χ4v) is 2.33. The van der Waals surface area contributed by atoms with Crippen LogP contribution in [0.15, 0.2) is 18.3 Å². The Bertz CT molecular complexity index is 405. The van der Waals surface area contributed by atoms with Crippen LogP contribution in [-0.4, -0.2) is 35.8 Å². The van der Waals surface area contributed by atoms with E-state index in [-0.39, 0.29) is 24.5 Å². The predicted molar refractivity (Wildman–Crippen MR) is 66.5 cm³/mol. The topological polar surface area (TPSA) is 71.5 Å². The molecule has 2 atom stereocenters. The Labute approximate surface area is 106 Å². The number of nitrogens with one attached hydrogen (secondary N) is 1. The van der Waals surface area contributed by atoms with Crippen molar-refractivity contribution in [1.82, 2.24) is 10.3 Å². The number of ether oxygens (including phenoxy) is 1. The van der Waals surface area contributed by atoms with E-state index in [2.05, 4.69) is 10.3 Å². The molecule has 98 valence electrons. The molecule has 5 heteroatoms. The molecule has 0 spiro atoms. The van der Waals surface area contributed by atoms with Crippen LogP contribution in [0, 0.1) is 5.92 Å². The third-order valence-corrected chi connectivity index (χ3v) is 3.42. The molecule has 1 aromatic heterocycles. The summed E-state index contributed by atoms with van der Waals surface area (Å²) in [5.41, 5.74) is 0.513. The number of pyridine rings is 1. The van der Waals surface area contributed by atoms with Gasteiger partial charge in [0.15, 0.2) is 0 Å². The first-order chi connectivity index (χ1) is 8.74. The van der Waals surface area contributed by atoms with Gasteiger partial charge in [0.2, 0.25) is 5.88 Å². The molecular weight excluding hydrogens is 232 g/mol. The average Bonchev–Trinajstić information content (AvgIpc) is 2.86. The predicted octanol–water partition coefficient (Wildman–Crippen LogP) is 0.981. The van der Waals surface area contributed by atoms with E-state index in [4.69, 9.17) is 4.74 Å².